The van der Waals surface area contributed by atoms with Crippen LogP contribution in [0.5, 0.6) is 0 Å². The maximum Gasteiger partial charge on any atom is 0.111 e. The van der Waals surface area contributed by atoms with E-state index in [0.717, 1.165) is 0 Å². The lowest BCUT2D eigenvalue weighted by Gasteiger charge is -2.07. The van der Waals surface area contributed by atoms with Crippen molar-refractivity contribution in [3.8, 4) is 0 Å². The normalized spacial score (nSPS) is 9.67. The van der Waals surface area contributed by atoms with Gasteiger partial charge in [-0.3, -0.25) is 0 Å². The molecule has 88 valence electrons. The van der Waals surface area contributed by atoms with Gasteiger partial charge in [0.05, 0.1) is 38.4 Å². The molecule has 0 aliphatic carbocycles. The Morgan fingerprint density at radius 2 is 1.53 bits per heavy atom. The molecule has 0 aliphatic heterocycles. The Labute approximate surface area is 91.5 Å². The highest BCUT2D eigenvalue weighted by Crippen LogP contribution is 1.89. The Hall–Kier alpha value is -1.00. The molecule has 0 unspecified atom stereocenters. The van der Waals surface area contributed by atoms with Gasteiger partial charge in [0.1, 0.15) is 13.2 Å². The predicted octanol–water partition coefficient (Wildman–Crippen LogP) is 1.73. The Morgan fingerprint density at radius 1 is 1.00 bits per heavy atom. The topological polar surface area (TPSA) is 36.9 Å². The Morgan fingerprint density at radius 3 is 2.07 bits per heavy atom. The van der Waals surface area contributed by atoms with E-state index in [0.29, 0.717) is 45.4 Å². The van der Waals surface area contributed by atoms with E-state index >= 15 is 0 Å². The molecular weight excluding hydrogens is 196 g/mol. The van der Waals surface area contributed by atoms with Crippen molar-refractivity contribution in [3.63, 3.8) is 0 Å². The summed E-state index contributed by atoms with van der Waals surface area (Å²) in [6.07, 6.45) is 1.40. The van der Waals surface area contributed by atoms with E-state index in [4.69, 9.17) is 18.9 Å². The van der Waals surface area contributed by atoms with E-state index in [-0.39, 0.29) is 0 Å². The molecule has 0 fully saturated rings. The van der Waals surface area contributed by atoms with Gasteiger partial charge in [0.15, 0.2) is 0 Å². The summed E-state index contributed by atoms with van der Waals surface area (Å²) < 4.78 is 20.4. The zero-order valence-corrected chi connectivity index (χ0v) is 9.37. The smallest absolute Gasteiger partial charge is 0.111 e. The second-order valence-electron chi connectivity index (χ2n) is 2.81. The molecule has 0 atom stereocenters. The predicted molar refractivity (Wildman–Crippen MR) is 58.6 cm³/mol. The fourth-order valence-electron chi connectivity index (χ4n) is 0.787. The second-order valence-corrected chi connectivity index (χ2v) is 2.81. The fraction of sp³-hybridized carbons (Fsp3) is 0.636. The molecule has 0 saturated carbocycles. The fourth-order valence-corrected chi connectivity index (χ4v) is 0.787. The van der Waals surface area contributed by atoms with E-state index in [1.54, 1.807) is 0 Å². The quantitative estimate of drug-likeness (QED) is 0.389. The molecule has 0 bridgehead atoms. The van der Waals surface area contributed by atoms with Gasteiger partial charge in [0, 0.05) is 0 Å². The van der Waals surface area contributed by atoms with Crippen LogP contribution < -0.4 is 0 Å². The van der Waals surface area contributed by atoms with Crippen molar-refractivity contribution >= 4 is 0 Å². The molecule has 0 heterocycles. The summed E-state index contributed by atoms with van der Waals surface area (Å²) in [5.74, 6) is 0.705. The third-order valence-electron chi connectivity index (χ3n) is 1.41. The summed E-state index contributed by atoms with van der Waals surface area (Å²) in [5, 5.41) is 0. The van der Waals surface area contributed by atoms with E-state index in [1.165, 1.54) is 6.26 Å². The van der Waals surface area contributed by atoms with Crippen molar-refractivity contribution in [1.29, 1.82) is 0 Å². The third kappa shape index (κ3) is 13.0. The first-order valence-electron chi connectivity index (χ1n) is 4.93. The average molecular weight is 216 g/mol. The molecule has 0 N–H and O–H groups in total. The van der Waals surface area contributed by atoms with Crippen LogP contribution in [0, 0.1) is 0 Å². The van der Waals surface area contributed by atoms with E-state index in [1.807, 2.05) is 6.92 Å². The molecule has 0 radical (unpaired) electrons. The summed E-state index contributed by atoms with van der Waals surface area (Å²) in [7, 11) is 0. The molecular formula is C11H20O4. The Kier molecular flexibility index (Phi) is 10.3. The largest absolute Gasteiger partial charge is 0.499 e. The van der Waals surface area contributed by atoms with Crippen molar-refractivity contribution in [2.24, 2.45) is 0 Å². The lowest BCUT2D eigenvalue weighted by molar-refractivity contribution is 0.0163. The number of ether oxygens (including phenoxy) is 4. The average Bonchev–Trinajstić information content (AvgIpc) is 2.20. The molecule has 0 aliphatic rings. The number of allylic oxidation sites excluding steroid dienone is 1. The van der Waals surface area contributed by atoms with Crippen molar-refractivity contribution in [2.45, 2.75) is 6.92 Å². The van der Waals surface area contributed by atoms with Gasteiger partial charge in [-0.15, -0.1) is 0 Å². The SMILES string of the molecule is C=COCCOCCOCCOC(=C)C. The zero-order chi connectivity index (χ0) is 11.4. The van der Waals surface area contributed by atoms with E-state index < -0.39 is 0 Å². The van der Waals surface area contributed by atoms with Crippen LogP contribution in [0.25, 0.3) is 0 Å². The van der Waals surface area contributed by atoms with Gasteiger partial charge in [0.25, 0.3) is 0 Å². The minimum absolute atomic E-state index is 0.530. The van der Waals surface area contributed by atoms with Gasteiger partial charge in [0.2, 0.25) is 0 Å². The standard InChI is InChI=1S/C11H20O4/c1-4-12-5-6-13-7-8-14-9-10-15-11(2)3/h4H,1-2,5-10H2,3H3. The number of hydrogen-bond donors (Lipinski definition) is 0. The number of hydrogen-bond acceptors (Lipinski definition) is 4. The molecule has 0 rings (SSSR count). The van der Waals surface area contributed by atoms with Crippen LogP contribution in [0.2, 0.25) is 0 Å². The Balaban J connectivity index is 2.92. The van der Waals surface area contributed by atoms with Crippen LogP contribution in [0.4, 0.5) is 0 Å². The summed E-state index contributed by atoms with van der Waals surface area (Å²) in [6.45, 7) is 12.1. The molecule has 0 saturated heterocycles. The zero-order valence-electron chi connectivity index (χ0n) is 9.37. The first-order valence-corrected chi connectivity index (χ1v) is 4.93. The highest BCUT2D eigenvalue weighted by atomic mass is 16.6. The van der Waals surface area contributed by atoms with Gasteiger partial charge in [-0.05, 0) is 6.92 Å². The van der Waals surface area contributed by atoms with Crippen LogP contribution in [0.1, 0.15) is 6.92 Å². The third-order valence-corrected chi connectivity index (χ3v) is 1.41. The van der Waals surface area contributed by atoms with Gasteiger partial charge >= 0.3 is 0 Å². The van der Waals surface area contributed by atoms with Crippen LogP contribution in [0.15, 0.2) is 25.2 Å². The molecule has 15 heavy (non-hydrogen) atoms. The first kappa shape index (κ1) is 14.0. The highest BCUT2D eigenvalue weighted by Gasteiger charge is 1.91. The maximum absolute atomic E-state index is 5.24. The van der Waals surface area contributed by atoms with Gasteiger partial charge in [-0.25, -0.2) is 0 Å². The summed E-state index contributed by atoms with van der Waals surface area (Å²) in [6, 6.07) is 0. The molecule has 0 spiro atoms. The molecule has 0 aromatic heterocycles. The summed E-state index contributed by atoms with van der Waals surface area (Å²) in [4.78, 5) is 0. The monoisotopic (exact) mass is 216 g/mol. The Bertz CT molecular complexity index is 168. The van der Waals surface area contributed by atoms with E-state index in [9.17, 15) is 0 Å². The van der Waals surface area contributed by atoms with Crippen molar-refractivity contribution in [1.82, 2.24) is 0 Å². The van der Waals surface area contributed by atoms with Crippen LogP contribution in [-0.4, -0.2) is 39.6 Å². The highest BCUT2D eigenvalue weighted by molar-refractivity contribution is 4.72. The summed E-state index contributed by atoms with van der Waals surface area (Å²) >= 11 is 0. The van der Waals surface area contributed by atoms with E-state index in [2.05, 4.69) is 13.2 Å². The van der Waals surface area contributed by atoms with Crippen molar-refractivity contribution < 1.29 is 18.9 Å². The van der Waals surface area contributed by atoms with Gasteiger partial charge in [-0.1, -0.05) is 13.2 Å². The lowest BCUT2D eigenvalue weighted by Crippen LogP contribution is -2.10. The number of rotatable bonds is 11. The van der Waals surface area contributed by atoms with Crippen molar-refractivity contribution in [2.75, 3.05) is 39.6 Å². The van der Waals surface area contributed by atoms with Gasteiger partial charge in [-0.2, -0.15) is 0 Å². The minimum atomic E-state index is 0.530. The maximum atomic E-state index is 5.24. The van der Waals surface area contributed by atoms with Crippen molar-refractivity contribution in [3.05, 3.63) is 25.2 Å². The molecule has 0 aromatic rings. The minimum Gasteiger partial charge on any atom is -0.499 e. The van der Waals surface area contributed by atoms with Crippen LogP contribution in [0.3, 0.4) is 0 Å². The molecule has 0 amide bonds. The molecule has 4 heteroatoms. The molecule has 0 aromatic carbocycles. The van der Waals surface area contributed by atoms with Gasteiger partial charge < -0.3 is 18.9 Å². The first-order chi connectivity index (χ1) is 7.27. The van der Waals surface area contributed by atoms with Crippen LogP contribution in [-0.2, 0) is 18.9 Å². The molecule has 4 nitrogen and oxygen atoms in total. The summed E-state index contributed by atoms with van der Waals surface area (Å²) in [5.41, 5.74) is 0. The van der Waals surface area contributed by atoms with Crippen LogP contribution >= 0.6 is 0 Å². The lowest BCUT2D eigenvalue weighted by atomic mass is 10.6. The second kappa shape index (κ2) is 11.1.